The Balaban J connectivity index is 2.16. The number of ether oxygens (including phenoxy) is 1. The molecule has 19 heavy (non-hydrogen) atoms. The van der Waals surface area contributed by atoms with Crippen LogP contribution in [0.1, 0.15) is 25.8 Å². The van der Waals surface area contributed by atoms with Gasteiger partial charge in [-0.25, -0.2) is 8.78 Å². The fourth-order valence-corrected chi connectivity index (χ4v) is 2.49. The largest absolute Gasteiger partial charge is 0.381 e. The molecule has 0 aromatic heterocycles. The van der Waals surface area contributed by atoms with Crippen molar-refractivity contribution >= 4 is 0 Å². The zero-order valence-electron chi connectivity index (χ0n) is 11.5. The first-order valence-electron chi connectivity index (χ1n) is 6.76. The van der Waals surface area contributed by atoms with E-state index in [0.29, 0.717) is 25.7 Å². The first-order chi connectivity index (χ1) is 9.02. The van der Waals surface area contributed by atoms with Gasteiger partial charge in [0.1, 0.15) is 11.6 Å². The van der Waals surface area contributed by atoms with Gasteiger partial charge in [0, 0.05) is 30.2 Å². The van der Waals surface area contributed by atoms with E-state index in [1.807, 2.05) is 0 Å². The molecule has 1 fully saturated rings. The summed E-state index contributed by atoms with van der Waals surface area (Å²) in [6, 6.07) is 4.39. The highest BCUT2D eigenvalue weighted by Gasteiger charge is 2.36. The van der Waals surface area contributed by atoms with Crippen molar-refractivity contribution in [3.8, 4) is 0 Å². The summed E-state index contributed by atoms with van der Waals surface area (Å²) < 4.78 is 33.0. The van der Waals surface area contributed by atoms with E-state index in [0.717, 1.165) is 13.0 Å². The average Bonchev–Trinajstić information content (AvgIpc) is 2.81. The molecule has 2 nitrogen and oxygen atoms in total. The minimum Gasteiger partial charge on any atom is -0.381 e. The molecule has 1 N–H and O–H groups in total. The third kappa shape index (κ3) is 3.51. The van der Waals surface area contributed by atoms with Crippen LogP contribution in [0, 0.1) is 17.0 Å². The zero-order chi connectivity index (χ0) is 13.9. The maximum Gasteiger partial charge on any atom is 0.129 e. The second kappa shape index (κ2) is 5.97. The molecular formula is C15H21F2NO. The molecule has 1 aromatic rings. The van der Waals surface area contributed by atoms with Crippen LogP contribution in [0.5, 0.6) is 0 Å². The summed E-state index contributed by atoms with van der Waals surface area (Å²) in [4.78, 5) is 0. The lowest BCUT2D eigenvalue weighted by atomic mass is 9.80. The van der Waals surface area contributed by atoms with Gasteiger partial charge in [-0.2, -0.15) is 0 Å². The molecule has 0 radical (unpaired) electrons. The van der Waals surface area contributed by atoms with Crippen LogP contribution in [0.15, 0.2) is 18.2 Å². The molecule has 106 valence electrons. The lowest BCUT2D eigenvalue weighted by molar-refractivity contribution is 0.146. The summed E-state index contributed by atoms with van der Waals surface area (Å²) in [6.07, 6.45) is 1.21. The summed E-state index contributed by atoms with van der Waals surface area (Å²) in [7, 11) is 0. The van der Waals surface area contributed by atoms with E-state index < -0.39 is 11.6 Å². The third-order valence-electron chi connectivity index (χ3n) is 3.68. The standard InChI is InChI=1S/C15H21F2NO/c1-11(2)18-9-15(6-7-19-10-15)8-12-13(16)4-3-5-14(12)17/h3-5,11,18H,6-10H2,1-2H3. The van der Waals surface area contributed by atoms with Crippen molar-refractivity contribution in [1.29, 1.82) is 0 Å². The first kappa shape index (κ1) is 14.4. The second-order valence-corrected chi connectivity index (χ2v) is 5.72. The van der Waals surface area contributed by atoms with Crippen molar-refractivity contribution in [3.63, 3.8) is 0 Å². The van der Waals surface area contributed by atoms with Gasteiger partial charge < -0.3 is 10.1 Å². The molecule has 1 atom stereocenters. The van der Waals surface area contributed by atoms with Crippen molar-refractivity contribution in [2.45, 2.75) is 32.7 Å². The summed E-state index contributed by atoms with van der Waals surface area (Å²) in [5.41, 5.74) is -0.0219. The van der Waals surface area contributed by atoms with Gasteiger partial charge in [0.15, 0.2) is 0 Å². The lowest BCUT2D eigenvalue weighted by Crippen LogP contribution is -2.40. The summed E-state index contributed by atoms with van der Waals surface area (Å²) in [5, 5.41) is 3.36. The Labute approximate surface area is 113 Å². The Morgan fingerprint density at radius 1 is 1.32 bits per heavy atom. The van der Waals surface area contributed by atoms with Crippen LogP contribution < -0.4 is 5.32 Å². The minimum atomic E-state index is -0.462. The van der Waals surface area contributed by atoms with Crippen LogP contribution >= 0.6 is 0 Å². The Morgan fingerprint density at radius 3 is 2.53 bits per heavy atom. The van der Waals surface area contributed by atoms with Gasteiger partial charge in [0.05, 0.1) is 6.61 Å². The van der Waals surface area contributed by atoms with Crippen LogP contribution in [0.25, 0.3) is 0 Å². The third-order valence-corrected chi connectivity index (χ3v) is 3.68. The van der Waals surface area contributed by atoms with Gasteiger partial charge in [-0.1, -0.05) is 19.9 Å². The van der Waals surface area contributed by atoms with E-state index in [2.05, 4.69) is 19.2 Å². The minimum absolute atomic E-state index is 0.179. The van der Waals surface area contributed by atoms with Crippen LogP contribution in [0.2, 0.25) is 0 Å². The lowest BCUT2D eigenvalue weighted by Gasteiger charge is -2.29. The molecule has 0 bridgehead atoms. The van der Waals surface area contributed by atoms with Crippen LogP contribution in [-0.2, 0) is 11.2 Å². The summed E-state index contributed by atoms with van der Waals surface area (Å²) in [6.45, 7) is 6.06. The maximum atomic E-state index is 13.8. The van der Waals surface area contributed by atoms with Crippen molar-refractivity contribution < 1.29 is 13.5 Å². The normalized spacial score (nSPS) is 23.2. The molecule has 0 saturated carbocycles. The molecule has 0 spiro atoms. The van der Waals surface area contributed by atoms with Gasteiger partial charge in [0.25, 0.3) is 0 Å². The predicted octanol–water partition coefficient (Wildman–Crippen LogP) is 2.91. The summed E-state index contributed by atoms with van der Waals surface area (Å²) >= 11 is 0. The maximum absolute atomic E-state index is 13.8. The van der Waals surface area contributed by atoms with Gasteiger partial charge in [0.2, 0.25) is 0 Å². The number of benzene rings is 1. The van der Waals surface area contributed by atoms with E-state index in [4.69, 9.17) is 4.74 Å². The predicted molar refractivity (Wildman–Crippen MR) is 71.1 cm³/mol. The SMILES string of the molecule is CC(C)NCC1(Cc2c(F)cccc2F)CCOC1. The molecule has 1 aliphatic heterocycles. The van der Waals surface area contributed by atoms with Gasteiger partial charge in [-0.05, 0) is 25.0 Å². The molecule has 1 unspecified atom stereocenters. The van der Waals surface area contributed by atoms with Gasteiger partial charge in [-0.3, -0.25) is 0 Å². The number of halogens is 2. The van der Waals surface area contributed by atoms with E-state index in [9.17, 15) is 8.78 Å². The quantitative estimate of drug-likeness (QED) is 0.887. The molecule has 1 aliphatic rings. The number of nitrogens with one attached hydrogen (secondary N) is 1. The smallest absolute Gasteiger partial charge is 0.129 e. The van der Waals surface area contributed by atoms with Crippen LogP contribution in [-0.4, -0.2) is 25.8 Å². The average molecular weight is 269 g/mol. The Morgan fingerprint density at radius 2 is 2.00 bits per heavy atom. The topological polar surface area (TPSA) is 21.3 Å². The Kier molecular flexibility index (Phi) is 4.53. The highest BCUT2D eigenvalue weighted by Crippen LogP contribution is 2.33. The van der Waals surface area contributed by atoms with E-state index in [1.165, 1.54) is 18.2 Å². The van der Waals surface area contributed by atoms with Crippen molar-refractivity contribution in [2.24, 2.45) is 5.41 Å². The van der Waals surface area contributed by atoms with Gasteiger partial charge >= 0.3 is 0 Å². The molecule has 0 aliphatic carbocycles. The first-order valence-corrected chi connectivity index (χ1v) is 6.76. The van der Waals surface area contributed by atoms with Crippen molar-refractivity contribution in [2.75, 3.05) is 19.8 Å². The van der Waals surface area contributed by atoms with E-state index in [-0.39, 0.29) is 11.0 Å². The zero-order valence-corrected chi connectivity index (χ0v) is 11.5. The highest BCUT2D eigenvalue weighted by atomic mass is 19.1. The van der Waals surface area contributed by atoms with Crippen LogP contribution in [0.4, 0.5) is 8.78 Å². The van der Waals surface area contributed by atoms with E-state index >= 15 is 0 Å². The Hall–Kier alpha value is -1.00. The van der Waals surface area contributed by atoms with Crippen LogP contribution in [0.3, 0.4) is 0 Å². The molecule has 2 rings (SSSR count). The highest BCUT2D eigenvalue weighted by molar-refractivity contribution is 5.21. The van der Waals surface area contributed by atoms with Gasteiger partial charge in [-0.15, -0.1) is 0 Å². The number of hydrogen-bond donors (Lipinski definition) is 1. The van der Waals surface area contributed by atoms with Crippen molar-refractivity contribution in [3.05, 3.63) is 35.4 Å². The second-order valence-electron chi connectivity index (χ2n) is 5.72. The molecular weight excluding hydrogens is 248 g/mol. The fourth-order valence-electron chi connectivity index (χ4n) is 2.49. The number of hydrogen-bond acceptors (Lipinski definition) is 2. The number of rotatable bonds is 5. The summed E-state index contributed by atoms with van der Waals surface area (Å²) in [5.74, 6) is -0.924. The Bertz CT molecular complexity index is 408. The molecule has 1 heterocycles. The molecule has 1 saturated heterocycles. The molecule has 4 heteroatoms. The fraction of sp³-hybridized carbons (Fsp3) is 0.600. The van der Waals surface area contributed by atoms with E-state index in [1.54, 1.807) is 0 Å². The molecule has 0 amide bonds. The van der Waals surface area contributed by atoms with Crippen molar-refractivity contribution in [1.82, 2.24) is 5.32 Å². The monoisotopic (exact) mass is 269 g/mol. The molecule has 1 aromatic carbocycles.